The molecule has 0 N–H and O–H groups in total. The molecule has 2 aromatic heterocycles. The molecule has 2 aromatic carbocycles. The molecule has 6 nitrogen and oxygen atoms in total. The van der Waals surface area contributed by atoms with Gasteiger partial charge in [0.25, 0.3) is 5.91 Å². The number of anilines is 1. The second-order valence-corrected chi connectivity index (χ2v) is 7.50. The lowest BCUT2D eigenvalue weighted by Crippen LogP contribution is -2.49. The molecule has 0 radical (unpaired) electrons. The summed E-state index contributed by atoms with van der Waals surface area (Å²) < 4.78 is 1.76. The summed E-state index contributed by atoms with van der Waals surface area (Å²) in [4.78, 5) is 22.1. The van der Waals surface area contributed by atoms with Gasteiger partial charge in [-0.25, -0.2) is 9.67 Å². The molecular weight excluding hydrogens is 386 g/mol. The number of carbonyl (C=O) groups is 1. The summed E-state index contributed by atoms with van der Waals surface area (Å²) in [5, 5.41) is 4.78. The summed E-state index contributed by atoms with van der Waals surface area (Å²) in [7, 11) is 0. The lowest BCUT2D eigenvalue weighted by atomic mass is 10.1. The van der Waals surface area contributed by atoms with Gasteiger partial charge in [0.05, 0.1) is 11.4 Å². The topological polar surface area (TPSA) is 54.3 Å². The molecule has 0 unspecified atom stereocenters. The summed E-state index contributed by atoms with van der Waals surface area (Å²) in [6, 6.07) is 27.6. The molecule has 0 atom stereocenters. The molecule has 5 rings (SSSR count). The number of amides is 1. The lowest BCUT2D eigenvalue weighted by Gasteiger charge is -2.35. The predicted molar refractivity (Wildman–Crippen MR) is 121 cm³/mol. The molecule has 0 spiro atoms. The van der Waals surface area contributed by atoms with E-state index in [2.05, 4.69) is 9.88 Å². The fourth-order valence-corrected chi connectivity index (χ4v) is 3.89. The van der Waals surface area contributed by atoms with Crippen LogP contribution >= 0.6 is 0 Å². The molecule has 0 bridgehead atoms. The highest BCUT2D eigenvalue weighted by atomic mass is 16.2. The predicted octanol–water partition coefficient (Wildman–Crippen LogP) is 3.90. The first kappa shape index (κ1) is 19.1. The number of aromatic nitrogens is 3. The summed E-state index contributed by atoms with van der Waals surface area (Å²) in [6.07, 6.45) is 1.80. The lowest BCUT2D eigenvalue weighted by molar-refractivity contribution is 0.0737. The van der Waals surface area contributed by atoms with Crippen LogP contribution in [0.5, 0.6) is 0 Å². The summed E-state index contributed by atoms with van der Waals surface area (Å²) in [5.74, 6) is 0.953. The first-order valence-electron chi connectivity index (χ1n) is 10.5. The summed E-state index contributed by atoms with van der Waals surface area (Å²) >= 11 is 0. The Hall–Kier alpha value is -3.93. The normalized spacial score (nSPS) is 13.9. The van der Waals surface area contributed by atoms with E-state index in [0.29, 0.717) is 18.8 Å². The molecule has 1 amide bonds. The molecule has 1 aliphatic heterocycles. The van der Waals surface area contributed by atoms with Gasteiger partial charge in [0.2, 0.25) is 0 Å². The highest BCUT2D eigenvalue weighted by Gasteiger charge is 2.26. The molecule has 0 aliphatic carbocycles. The van der Waals surface area contributed by atoms with Crippen LogP contribution in [0.1, 0.15) is 10.5 Å². The monoisotopic (exact) mass is 409 g/mol. The van der Waals surface area contributed by atoms with Crippen molar-refractivity contribution in [1.82, 2.24) is 19.7 Å². The third-order valence-electron chi connectivity index (χ3n) is 5.54. The van der Waals surface area contributed by atoms with Crippen LogP contribution in [-0.2, 0) is 0 Å². The minimum absolute atomic E-state index is 0.000736. The van der Waals surface area contributed by atoms with Crippen LogP contribution in [-0.4, -0.2) is 51.8 Å². The Morgan fingerprint density at radius 2 is 1.45 bits per heavy atom. The second kappa shape index (κ2) is 8.44. The van der Waals surface area contributed by atoms with Gasteiger partial charge in [0.15, 0.2) is 0 Å². The quantitative estimate of drug-likeness (QED) is 0.513. The van der Waals surface area contributed by atoms with Crippen LogP contribution < -0.4 is 4.90 Å². The van der Waals surface area contributed by atoms with Gasteiger partial charge in [0.1, 0.15) is 11.5 Å². The summed E-state index contributed by atoms with van der Waals surface area (Å²) in [6.45, 7) is 2.81. The van der Waals surface area contributed by atoms with E-state index >= 15 is 0 Å². The maximum absolute atomic E-state index is 13.5. The number of pyridine rings is 1. The third-order valence-corrected chi connectivity index (χ3v) is 5.54. The van der Waals surface area contributed by atoms with E-state index in [4.69, 9.17) is 5.10 Å². The number of hydrogen-bond donors (Lipinski definition) is 0. The van der Waals surface area contributed by atoms with Crippen LogP contribution in [0, 0.1) is 0 Å². The number of carbonyl (C=O) groups excluding carboxylic acids is 1. The molecular formula is C25H23N5O. The SMILES string of the molecule is O=C(c1cc(-c2ccccc2)nn1-c1ccccc1)N1CCN(c2ccccn2)CC1. The van der Waals surface area contributed by atoms with Crippen molar-refractivity contribution in [2.75, 3.05) is 31.1 Å². The Labute approximate surface area is 181 Å². The Bertz CT molecular complexity index is 1150. The fourth-order valence-electron chi connectivity index (χ4n) is 3.89. The van der Waals surface area contributed by atoms with Crippen LogP contribution in [0.3, 0.4) is 0 Å². The van der Waals surface area contributed by atoms with Gasteiger partial charge in [-0.15, -0.1) is 0 Å². The van der Waals surface area contributed by atoms with E-state index in [-0.39, 0.29) is 5.91 Å². The number of piperazine rings is 1. The largest absolute Gasteiger partial charge is 0.353 e. The van der Waals surface area contributed by atoms with E-state index < -0.39 is 0 Å². The van der Waals surface area contributed by atoms with E-state index in [0.717, 1.165) is 35.9 Å². The van der Waals surface area contributed by atoms with Gasteiger partial charge in [-0.2, -0.15) is 5.10 Å². The Morgan fingerprint density at radius 1 is 0.774 bits per heavy atom. The molecule has 1 saturated heterocycles. The minimum Gasteiger partial charge on any atom is -0.353 e. The van der Waals surface area contributed by atoms with E-state index in [1.165, 1.54) is 0 Å². The van der Waals surface area contributed by atoms with E-state index in [9.17, 15) is 4.79 Å². The third kappa shape index (κ3) is 3.92. The van der Waals surface area contributed by atoms with Crippen molar-refractivity contribution >= 4 is 11.7 Å². The van der Waals surface area contributed by atoms with E-state index in [1.54, 1.807) is 10.9 Å². The molecule has 31 heavy (non-hydrogen) atoms. The van der Waals surface area contributed by atoms with Crippen molar-refractivity contribution in [3.63, 3.8) is 0 Å². The van der Waals surface area contributed by atoms with Crippen molar-refractivity contribution < 1.29 is 4.79 Å². The van der Waals surface area contributed by atoms with Gasteiger partial charge in [-0.1, -0.05) is 54.6 Å². The van der Waals surface area contributed by atoms with Gasteiger partial charge >= 0.3 is 0 Å². The maximum atomic E-state index is 13.5. The zero-order valence-electron chi connectivity index (χ0n) is 17.1. The van der Waals surface area contributed by atoms with Crippen molar-refractivity contribution in [2.45, 2.75) is 0 Å². The van der Waals surface area contributed by atoms with Crippen molar-refractivity contribution in [2.24, 2.45) is 0 Å². The second-order valence-electron chi connectivity index (χ2n) is 7.50. The number of nitrogens with zero attached hydrogens (tertiary/aromatic N) is 5. The molecule has 1 fully saturated rings. The maximum Gasteiger partial charge on any atom is 0.272 e. The molecule has 154 valence electrons. The number of benzene rings is 2. The smallest absolute Gasteiger partial charge is 0.272 e. The molecule has 3 heterocycles. The van der Waals surface area contributed by atoms with Crippen LogP contribution in [0.15, 0.2) is 91.1 Å². The average molecular weight is 409 g/mol. The Kier molecular flexibility index (Phi) is 5.19. The average Bonchev–Trinajstić information content (AvgIpc) is 3.31. The Balaban J connectivity index is 1.42. The van der Waals surface area contributed by atoms with E-state index in [1.807, 2.05) is 89.8 Å². The number of hydrogen-bond acceptors (Lipinski definition) is 4. The number of para-hydroxylation sites is 1. The zero-order chi connectivity index (χ0) is 21.0. The molecule has 6 heteroatoms. The van der Waals surface area contributed by atoms with Gasteiger partial charge in [0, 0.05) is 37.9 Å². The standard InChI is InChI=1S/C25H23N5O/c31-25(29-17-15-28(16-18-29)24-13-7-8-14-26-24)23-19-22(20-9-3-1-4-10-20)27-30(23)21-11-5-2-6-12-21/h1-14,19H,15-18H2. The Morgan fingerprint density at radius 3 is 2.13 bits per heavy atom. The fraction of sp³-hybridized carbons (Fsp3) is 0.160. The first-order valence-corrected chi connectivity index (χ1v) is 10.5. The van der Waals surface area contributed by atoms with Crippen molar-refractivity contribution in [3.8, 4) is 16.9 Å². The minimum atomic E-state index is -0.000736. The van der Waals surface area contributed by atoms with Crippen LogP contribution in [0.4, 0.5) is 5.82 Å². The van der Waals surface area contributed by atoms with Gasteiger partial charge < -0.3 is 9.80 Å². The van der Waals surface area contributed by atoms with Gasteiger partial charge in [-0.3, -0.25) is 4.79 Å². The zero-order valence-corrected chi connectivity index (χ0v) is 17.1. The summed E-state index contributed by atoms with van der Waals surface area (Å²) in [5.41, 5.74) is 3.24. The highest BCUT2D eigenvalue weighted by Crippen LogP contribution is 2.23. The first-order chi connectivity index (χ1) is 15.3. The van der Waals surface area contributed by atoms with Gasteiger partial charge in [-0.05, 0) is 30.3 Å². The molecule has 0 saturated carbocycles. The number of rotatable bonds is 4. The molecule has 1 aliphatic rings. The molecule has 4 aromatic rings. The highest BCUT2D eigenvalue weighted by molar-refractivity contribution is 5.94. The van der Waals surface area contributed by atoms with Crippen molar-refractivity contribution in [1.29, 1.82) is 0 Å². The van der Waals surface area contributed by atoms with Crippen LogP contribution in [0.25, 0.3) is 16.9 Å². The van der Waals surface area contributed by atoms with Crippen molar-refractivity contribution in [3.05, 3.63) is 96.8 Å². The van der Waals surface area contributed by atoms with Crippen LogP contribution in [0.2, 0.25) is 0 Å².